The molecule has 4 N–H and O–H groups in total. The molecular formula is C20H28N4O2. The summed E-state index contributed by atoms with van der Waals surface area (Å²) in [5.74, 6) is -0.375. The van der Waals surface area contributed by atoms with Gasteiger partial charge in [0.2, 0.25) is 5.91 Å². The minimum atomic E-state index is -0.224. The third kappa shape index (κ3) is 3.60. The molecule has 1 aromatic heterocycles. The number of nitrogens with two attached hydrogens (primary N) is 1. The van der Waals surface area contributed by atoms with Gasteiger partial charge in [-0.3, -0.25) is 9.59 Å². The van der Waals surface area contributed by atoms with E-state index >= 15 is 0 Å². The number of nitrogens with one attached hydrogen (secondary N) is 2. The molecule has 1 atom stereocenters. The van der Waals surface area contributed by atoms with Crippen LogP contribution in [0.5, 0.6) is 0 Å². The zero-order valence-corrected chi connectivity index (χ0v) is 15.8. The minimum absolute atomic E-state index is 0.0682. The molecule has 2 heterocycles. The summed E-state index contributed by atoms with van der Waals surface area (Å²) in [6.45, 7) is 9.02. The maximum absolute atomic E-state index is 12.6. The normalized spacial score (nSPS) is 18.2. The molecule has 0 unspecified atom stereocenters. The first-order valence-electron chi connectivity index (χ1n) is 9.27. The molecule has 140 valence electrons. The molecule has 0 spiro atoms. The third-order valence-electron chi connectivity index (χ3n) is 5.47. The van der Waals surface area contributed by atoms with Crippen molar-refractivity contribution in [1.29, 1.82) is 0 Å². The predicted octanol–water partition coefficient (Wildman–Crippen LogP) is 2.02. The van der Waals surface area contributed by atoms with Gasteiger partial charge in [0.1, 0.15) is 5.69 Å². The van der Waals surface area contributed by atoms with E-state index in [4.69, 9.17) is 5.73 Å². The van der Waals surface area contributed by atoms with E-state index in [1.165, 1.54) is 5.56 Å². The molecule has 6 nitrogen and oxygen atoms in total. The number of benzene rings is 1. The molecule has 2 amide bonds. The van der Waals surface area contributed by atoms with Crippen LogP contribution in [0.15, 0.2) is 12.1 Å². The highest BCUT2D eigenvalue weighted by Crippen LogP contribution is 2.27. The van der Waals surface area contributed by atoms with Crippen LogP contribution in [0.3, 0.4) is 0 Å². The highest BCUT2D eigenvalue weighted by Gasteiger charge is 2.24. The largest absolute Gasteiger partial charge is 0.369 e. The van der Waals surface area contributed by atoms with E-state index < -0.39 is 0 Å². The Morgan fingerprint density at radius 3 is 2.69 bits per heavy atom. The van der Waals surface area contributed by atoms with Crippen LogP contribution >= 0.6 is 0 Å². The monoisotopic (exact) mass is 356 g/mol. The number of carbonyl (C=O) groups excluding carboxylic acids is 2. The first kappa shape index (κ1) is 18.5. The highest BCUT2D eigenvalue weighted by atomic mass is 16.2. The number of amides is 2. The summed E-state index contributed by atoms with van der Waals surface area (Å²) in [6.07, 6.45) is 1.84. The van der Waals surface area contributed by atoms with Crippen molar-refractivity contribution in [3.8, 4) is 0 Å². The molecule has 1 aromatic carbocycles. The average molecular weight is 356 g/mol. The number of carbonyl (C=O) groups is 2. The van der Waals surface area contributed by atoms with Gasteiger partial charge in [0.25, 0.3) is 5.91 Å². The molecular weight excluding hydrogens is 328 g/mol. The Kier molecular flexibility index (Phi) is 5.32. The van der Waals surface area contributed by atoms with Gasteiger partial charge in [0.15, 0.2) is 0 Å². The number of piperidine rings is 1. The van der Waals surface area contributed by atoms with Crippen molar-refractivity contribution in [2.75, 3.05) is 26.2 Å². The number of H-pyrrole nitrogens is 1. The Balaban J connectivity index is 1.63. The molecule has 0 bridgehead atoms. The van der Waals surface area contributed by atoms with Gasteiger partial charge in [-0.25, -0.2) is 0 Å². The standard InChI is InChI=1S/C20H28N4O2/c1-12-6-7-13(2)17-16(12)14(3)18(23-17)20(26)22-8-10-24-9-4-5-15(11-24)19(21)25/h6-7,15,23H,4-5,8-11H2,1-3H3,(H2,21,25)(H,22,26)/t15-/m1/s1. The number of fused-ring (bicyclic) bond motifs is 1. The second-order valence-electron chi connectivity index (χ2n) is 7.37. The molecule has 1 fully saturated rings. The number of aromatic amines is 1. The Labute approximate surface area is 154 Å². The lowest BCUT2D eigenvalue weighted by Crippen LogP contribution is -2.44. The van der Waals surface area contributed by atoms with E-state index in [2.05, 4.69) is 34.3 Å². The summed E-state index contributed by atoms with van der Waals surface area (Å²) < 4.78 is 0. The van der Waals surface area contributed by atoms with E-state index in [1.807, 2.05) is 13.8 Å². The SMILES string of the molecule is Cc1ccc(C)c2c(C)c(C(=O)NCCN3CCC[C@@H](C(N)=O)C3)[nH]c12. The third-order valence-corrected chi connectivity index (χ3v) is 5.47. The lowest BCUT2D eigenvalue weighted by molar-refractivity contribution is -0.123. The molecule has 1 aliphatic rings. The van der Waals surface area contributed by atoms with E-state index in [9.17, 15) is 9.59 Å². The predicted molar refractivity (Wildman–Crippen MR) is 103 cm³/mol. The van der Waals surface area contributed by atoms with Crippen molar-refractivity contribution in [2.24, 2.45) is 11.7 Å². The van der Waals surface area contributed by atoms with E-state index in [0.29, 0.717) is 18.8 Å². The fourth-order valence-corrected chi connectivity index (χ4v) is 3.93. The number of aromatic nitrogens is 1. The first-order valence-corrected chi connectivity index (χ1v) is 9.27. The van der Waals surface area contributed by atoms with Gasteiger partial charge in [-0.05, 0) is 56.8 Å². The first-order chi connectivity index (χ1) is 12.4. The van der Waals surface area contributed by atoms with Gasteiger partial charge in [-0.1, -0.05) is 12.1 Å². The molecule has 0 radical (unpaired) electrons. The van der Waals surface area contributed by atoms with Crippen LogP contribution in [-0.4, -0.2) is 47.9 Å². The van der Waals surface area contributed by atoms with Gasteiger partial charge in [-0.15, -0.1) is 0 Å². The van der Waals surface area contributed by atoms with Gasteiger partial charge in [0.05, 0.1) is 5.92 Å². The molecule has 6 heteroatoms. The second-order valence-corrected chi connectivity index (χ2v) is 7.37. The summed E-state index contributed by atoms with van der Waals surface area (Å²) in [6, 6.07) is 4.16. The molecule has 0 aliphatic carbocycles. The van der Waals surface area contributed by atoms with Crippen molar-refractivity contribution in [3.63, 3.8) is 0 Å². The number of nitrogens with zero attached hydrogens (tertiary/aromatic N) is 1. The number of likely N-dealkylation sites (tertiary alicyclic amines) is 1. The number of hydrogen-bond acceptors (Lipinski definition) is 3. The van der Waals surface area contributed by atoms with Gasteiger partial charge in [0, 0.05) is 30.5 Å². The summed E-state index contributed by atoms with van der Waals surface area (Å²) in [5, 5.41) is 4.14. The van der Waals surface area contributed by atoms with E-state index in [0.717, 1.165) is 48.0 Å². The van der Waals surface area contributed by atoms with Crippen LogP contribution in [0.4, 0.5) is 0 Å². The van der Waals surface area contributed by atoms with Crippen LogP contribution in [0, 0.1) is 26.7 Å². The van der Waals surface area contributed by atoms with Crippen LogP contribution in [0.1, 0.15) is 40.0 Å². The Morgan fingerprint density at radius 2 is 2.00 bits per heavy atom. The Morgan fingerprint density at radius 1 is 1.27 bits per heavy atom. The topological polar surface area (TPSA) is 91.2 Å². The fourth-order valence-electron chi connectivity index (χ4n) is 3.93. The summed E-state index contributed by atoms with van der Waals surface area (Å²) in [7, 11) is 0. The molecule has 0 saturated carbocycles. The zero-order valence-electron chi connectivity index (χ0n) is 15.8. The Hall–Kier alpha value is -2.34. The van der Waals surface area contributed by atoms with Crippen molar-refractivity contribution >= 4 is 22.7 Å². The smallest absolute Gasteiger partial charge is 0.268 e. The summed E-state index contributed by atoms with van der Waals surface area (Å²) in [4.78, 5) is 29.5. The quantitative estimate of drug-likeness (QED) is 0.765. The maximum atomic E-state index is 12.6. The van der Waals surface area contributed by atoms with Crippen molar-refractivity contribution in [1.82, 2.24) is 15.2 Å². The summed E-state index contributed by atoms with van der Waals surface area (Å²) >= 11 is 0. The van der Waals surface area contributed by atoms with Gasteiger partial charge < -0.3 is 20.9 Å². The fraction of sp³-hybridized carbons (Fsp3) is 0.500. The van der Waals surface area contributed by atoms with E-state index in [1.54, 1.807) is 0 Å². The van der Waals surface area contributed by atoms with Crippen LogP contribution in [-0.2, 0) is 4.79 Å². The molecule has 2 aromatic rings. The van der Waals surface area contributed by atoms with Gasteiger partial charge >= 0.3 is 0 Å². The average Bonchev–Trinajstić information content (AvgIpc) is 2.97. The van der Waals surface area contributed by atoms with Crippen LogP contribution in [0.2, 0.25) is 0 Å². The second kappa shape index (κ2) is 7.50. The lowest BCUT2D eigenvalue weighted by Gasteiger charge is -2.31. The molecule has 1 aliphatic heterocycles. The lowest BCUT2D eigenvalue weighted by atomic mass is 9.97. The van der Waals surface area contributed by atoms with Crippen molar-refractivity contribution in [2.45, 2.75) is 33.6 Å². The molecule has 1 saturated heterocycles. The van der Waals surface area contributed by atoms with E-state index in [-0.39, 0.29) is 17.7 Å². The molecule has 3 rings (SSSR count). The maximum Gasteiger partial charge on any atom is 0.268 e. The van der Waals surface area contributed by atoms with Crippen LogP contribution < -0.4 is 11.1 Å². The summed E-state index contributed by atoms with van der Waals surface area (Å²) in [5.41, 5.74) is 10.4. The number of primary amides is 1. The number of hydrogen-bond donors (Lipinski definition) is 3. The zero-order chi connectivity index (χ0) is 18.8. The molecule has 26 heavy (non-hydrogen) atoms. The van der Waals surface area contributed by atoms with Crippen molar-refractivity contribution in [3.05, 3.63) is 34.5 Å². The number of rotatable bonds is 5. The highest BCUT2D eigenvalue weighted by molar-refractivity contribution is 6.02. The van der Waals surface area contributed by atoms with Gasteiger partial charge in [-0.2, -0.15) is 0 Å². The Bertz CT molecular complexity index is 840. The van der Waals surface area contributed by atoms with Crippen molar-refractivity contribution < 1.29 is 9.59 Å². The minimum Gasteiger partial charge on any atom is -0.369 e. The number of aryl methyl sites for hydroxylation is 3. The van der Waals surface area contributed by atoms with Crippen LogP contribution in [0.25, 0.3) is 10.9 Å².